The number of benzene rings is 2. The van der Waals surface area contributed by atoms with Crippen LogP contribution in [-0.4, -0.2) is 11.9 Å². The van der Waals surface area contributed by atoms with Gasteiger partial charge in [0.1, 0.15) is 0 Å². The fourth-order valence-electron chi connectivity index (χ4n) is 3.23. The van der Waals surface area contributed by atoms with E-state index in [0.717, 1.165) is 36.9 Å². The number of hydrogen-bond acceptors (Lipinski definition) is 3. The van der Waals surface area contributed by atoms with Crippen LogP contribution in [0.4, 0.5) is 5.69 Å². The van der Waals surface area contributed by atoms with Crippen LogP contribution in [0.2, 0.25) is 0 Å². The third-order valence-electron chi connectivity index (χ3n) is 4.59. The van der Waals surface area contributed by atoms with Gasteiger partial charge in [0, 0.05) is 18.3 Å². The predicted octanol–water partition coefficient (Wildman–Crippen LogP) is 3.48. The van der Waals surface area contributed by atoms with Crippen molar-refractivity contribution in [2.75, 3.05) is 5.43 Å². The van der Waals surface area contributed by atoms with Gasteiger partial charge < -0.3 is 10.7 Å². The molecule has 1 aliphatic rings. The Labute approximate surface area is 143 Å². The van der Waals surface area contributed by atoms with Crippen molar-refractivity contribution in [1.82, 2.24) is 10.7 Å². The molecule has 0 heterocycles. The van der Waals surface area contributed by atoms with Crippen LogP contribution in [-0.2, 0) is 11.3 Å². The van der Waals surface area contributed by atoms with E-state index in [1.54, 1.807) is 0 Å². The zero-order chi connectivity index (χ0) is 16.6. The normalized spacial score (nSPS) is 20.3. The summed E-state index contributed by atoms with van der Waals surface area (Å²) in [5.41, 5.74) is 8.75. The maximum absolute atomic E-state index is 12.6. The Morgan fingerprint density at radius 3 is 2.33 bits per heavy atom. The molecule has 1 fully saturated rings. The minimum absolute atomic E-state index is 0.0127. The Kier molecular flexibility index (Phi) is 5.85. The number of nitrogens with one attached hydrogen (secondary N) is 3. The Bertz CT molecular complexity index is 630. The van der Waals surface area contributed by atoms with Crippen molar-refractivity contribution in [3.8, 4) is 0 Å². The summed E-state index contributed by atoms with van der Waals surface area (Å²) in [5, 5.41) is 3.09. The average Bonchev–Trinajstić information content (AvgIpc) is 2.66. The molecule has 126 valence electrons. The van der Waals surface area contributed by atoms with Crippen molar-refractivity contribution in [1.29, 1.82) is 0 Å². The van der Waals surface area contributed by atoms with Gasteiger partial charge in [-0.1, -0.05) is 61.4 Å². The van der Waals surface area contributed by atoms with E-state index in [1.165, 1.54) is 0 Å². The molecule has 0 spiro atoms. The second-order valence-electron chi connectivity index (χ2n) is 6.34. The molecular formula is C20H25N3O. The van der Waals surface area contributed by atoms with Crippen molar-refractivity contribution in [2.24, 2.45) is 5.92 Å². The highest BCUT2D eigenvalue weighted by molar-refractivity contribution is 5.79. The lowest BCUT2D eigenvalue weighted by Gasteiger charge is -2.31. The second-order valence-corrected chi connectivity index (χ2v) is 6.34. The Morgan fingerprint density at radius 2 is 1.58 bits per heavy atom. The summed E-state index contributed by atoms with van der Waals surface area (Å²) in [7, 11) is 0. The summed E-state index contributed by atoms with van der Waals surface area (Å²) in [6, 6.07) is 20.2. The number of hydrazine groups is 1. The smallest absolute Gasteiger partial charge is 0.225 e. The zero-order valence-electron chi connectivity index (χ0n) is 13.9. The first kappa shape index (κ1) is 16.5. The van der Waals surface area contributed by atoms with E-state index in [2.05, 4.69) is 16.2 Å². The first-order valence-electron chi connectivity index (χ1n) is 8.71. The standard InChI is InChI=1S/C20H25N3O/c24-20(21-15-16-9-3-1-4-10-16)18-13-7-8-14-19(18)23-22-17-11-5-2-6-12-17/h1-6,9-12,18-19,22-23H,7-8,13-15H2,(H,21,24). The maximum atomic E-state index is 12.6. The van der Waals surface area contributed by atoms with Crippen molar-refractivity contribution in [3.63, 3.8) is 0 Å². The number of para-hydroxylation sites is 1. The SMILES string of the molecule is O=C(NCc1ccccc1)C1CCCCC1NNc1ccccc1. The lowest BCUT2D eigenvalue weighted by Crippen LogP contribution is -2.48. The molecule has 3 rings (SSSR count). The highest BCUT2D eigenvalue weighted by Crippen LogP contribution is 2.25. The van der Waals surface area contributed by atoms with Gasteiger partial charge in [0.05, 0.1) is 5.92 Å². The van der Waals surface area contributed by atoms with Crippen molar-refractivity contribution in [2.45, 2.75) is 38.3 Å². The van der Waals surface area contributed by atoms with Gasteiger partial charge in [0.2, 0.25) is 5.91 Å². The Hall–Kier alpha value is -2.33. The average molecular weight is 323 g/mol. The quantitative estimate of drug-likeness (QED) is 0.713. The molecule has 0 radical (unpaired) electrons. The van der Waals surface area contributed by atoms with Crippen molar-refractivity contribution in [3.05, 3.63) is 66.2 Å². The van der Waals surface area contributed by atoms with Gasteiger partial charge in [0.25, 0.3) is 0 Å². The summed E-state index contributed by atoms with van der Waals surface area (Å²) in [6.07, 6.45) is 4.24. The number of rotatable bonds is 6. The molecule has 2 aromatic rings. The van der Waals surface area contributed by atoms with E-state index in [1.807, 2.05) is 60.7 Å². The van der Waals surface area contributed by atoms with Crippen LogP contribution in [0.5, 0.6) is 0 Å². The van der Waals surface area contributed by atoms with Crippen LogP contribution >= 0.6 is 0 Å². The molecule has 1 aliphatic carbocycles. The van der Waals surface area contributed by atoms with Crippen LogP contribution in [0, 0.1) is 5.92 Å². The van der Waals surface area contributed by atoms with Gasteiger partial charge >= 0.3 is 0 Å². The van der Waals surface area contributed by atoms with E-state index in [-0.39, 0.29) is 17.9 Å². The van der Waals surface area contributed by atoms with E-state index >= 15 is 0 Å². The Balaban J connectivity index is 1.54. The first-order valence-corrected chi connectivity index (χ1v) is 8.71. The topological polar surface area (TPSA) is 53.2 Å². The number of carbonyl (C=O) groups is 1. The summed E-state index contributed by atoms with van der Waals surface area (Å²) < 4.78 is 0. The summed E-state index contributed by atoms with van der Waals surface area (Å²) in [5.74, 6) is 0.157. The van der Waals surface area contributed by atoms with Crippen LogP contribution in [0.15, 0.2) is 60.7 Å². The molecule has 4 nitrogen and oxygen atoms in total. The van der Waals surface area contributed by atoms with E-state index in [0.29, 0.717) is 6.54 Å². The molecule has 2 aromatic carbocycles. The predicted molar refractivity (Wildman–Crippen MR) is 97.2 cm³/mol. The van der Waals surface area contributed by atoms with Gasteiger partial charge in [-0.25, -0.2) is 5.43 Å². The highest BCUT2D eigenvalue weighted by atomic mass is 16.1. The van der Waals surface area contributed by atoms with Crippen LogP contribution in [0.25, 0.3) is 0 Å². The van der Waals surface area contributed by atoms with Gasteiger partial charge in [0.15, 0.2) is 0 Å². The van der Waals surface area contributed by atoms with E-state index in [4.69, 9.17) is 0 Å². The number of carbonyl (C=O) groups excluding carboxylic acids is 1. The monoisotopic (exact) mass is 323 g/mol. The number of hydrogen-bond donors (Lipinski definition) is 3. The number of anilines is 1. The van der Waals surface area contributed by atoms with Crippen LogP contribution in [0.1, 0.15) is 31.2 Å². The van der Waals surface area contributed by atoms with Crippen LogP contribution in [0.3, 0.4) is 0 Å². The molecule has 0 bridgehead atoms. The lowest BCUT2D eigenvalue weighted by atomic mass is 9.84. The molecule has 3 N–H and O–H groups in total. The molecule has 24 heavy (non-hydrogen) atoms. The first-order chi connectivity index (χ1) is 11.8. The van der Waals surface area contributed by atoms with Gasteiger partial charge in [-0.2, -0.15) is 0 Å². The molecule has 0 saturated heterocycles. The fourth-order valence-corrected chi connectivity index (χ4v) is 3.23. The summed E-state index contributed by atoms with van der Waals surface area (Å²) >= 11 is 0. The molecule has 2 atom stereocenters. The van der Waals surface area contributed by atoms with Gasteiger partial charge in [-0.3, -0.25) is 4.79 Å². The highest BCUT2D eigenvalue weighted by Gasteiger charge is 2.30. The summed E-state index contributed by atoms with van der Waals surface area (Å²) in [4.78, 5) is 12.6. The van der Waals surface area contributed by atoms with Crippen molar-refractivity contribution >= 4 is 11.6 Å². The second kappa shape index (κ2) is 8.50. The fraction of sp³-hybridized carbons (Fsp3) is 0.350. The van der Waals surface area contributed by atoms with Crippen molar-refractivity contribution < 1.29 is 4.79 Å². The van der Waals surface area contributed by atoms with E-state index < -0.39 is 0 Å². The summed E-state index contributed by atoms with van der Waals surface area (Å²) in [6.45, 7) is 0.592. The molecule has 1 saturated carbocycles. The van der Waals surface area contributed by atoms with E-state index in [9.17, 15) is 4.79 Å². The largest absolute Gasteiger partial charge is 0.352 e. The molecule has 0 aromatic heterocycles. The zero-order valence-corrected chi connectivity index (χ0v) is 13.9. The third kappa shape index (κ3) is 4.59. The van der Waals surface area contributed by atoms with Gasteiger partial charge in [-0.05, 0) is 30.5 Å². The van der Waals surface area contributed by atoms with Crippen LogP contribution < -0.4 is 16.2 Å². The maximum Gasteiger partial charge on any atom is 0.225 e. The lowest BCUT2D eigenvalue weighted by molar-refractivity contribution is -0.126. The van der Waals surface area contributed by atoms with Gasteiger partial charge in [-0.15, -0.1) is 0 Å². The number of amides is 1. The third-order valence-corrected chi connectivity index (χ3v) is 4.59. The molecule has 2 unspecified atom stereocenters. The minimum atomic E-state index is 0.0127. The molecule has 0 aliphatic heterocycles. The molecule has 4 heteroatoms. The Morgan fingerprint density at radius 1 is 0.917 bits per heavy atom. The molecular weight excluding hydrogens is 298 g/mol. The minimum Gasteiger partial charge on any atom is -0.352 e. The molecule has 1 amide bonds.